The van der Waals surface area contributed by atoms with E-state index in [1.54, 1.807) is 30.7 Å². The molecule has 7 heteroatoms. The van der Waals surface area contributed by atoms with Gasteiger partial charge in [-0.25, -0.2) is 9.97 Å². The third-order valence-electron chi connectivity index (χ3n) is 3.32. The maximum Gasteiger partial charge on any atom is 0.266 e. The molecule has 0 saturated carbocycles. The summed E-state index contributed by atoms with van der Waals surface area (Å²) < 4.78 is 6.85. The van der Waals surface area contributed by atoms with E-state index in [-0.39, 0.29) is 11.1 Å². The molecule has 0 saturated heterocycles. The average molecular weight is 295 g/mol. The monoisotopic (exact) mass is 295 g/mol. The Balaban J connectivity index is 2.14. The van der Waals surface area contributed by atoms with Crippen LogP contribution in [0.1, 0.15) is 17.0 Å². The first-order valence-corrected chi connectivity index (χ1v) is 6.59. The van der Waals surface area contributed by atoms with E-state index in [0.29, 0.717) is 18.1 Å². The molecule has 0 radical (unpaired) electrons. The third-order valence-corrected chi connectivity index (χ3v) is 3.32. The van der Waals surface area contributed by atoms with Crippen LogP contribution >= 0.6 is 0 Å². The Morgan fingerprint density at radius 2 is 2.27 bits per heavy atom. The molecule has 0 aromatic carbocycles. The van der Waals surface area contributed by atoms with Crippen molar-refractivity contribution in [1.82, 2.24) is 19.4 Å². The molecule has 0 aliphatic carbocycles. The first-order chi connectivity index (χ1) is 10.6. The van der Waals surface area contributed by atoms with Gasteiger partial charge in [0.15, 0.2) is 0 Å². The Morgan fingerprint density at radius 3 is 3.00 bits per heavy atom. The predicted octanol–water partition coefficient (Wildman–Crippen LogP) is 1.41. The van der Waals surface area contributed by atoms with Gasteiger partial charge in [0.05, 0.1) is 12.3 Å². The first kappa shape index (κ1) is 14.0. The summed E-state index contributed by atoms with van der Waals surface area (Å²) in [6.07, 6.45) is 5.36. The van der Waals surface area contributed by atoms with E-state index in [9.17, 15) is 4.79 Å². The van der Waals surface area contributed by atoms with Crippen LogP contribution in [0.2, 0.25) is 0 Å². The number of hydrogen-bond donors (Lipinski definition) is 1. The Kier molecular flexibility index (Phi) is 3.45. The summed E-state index contributed by atoms with van der Waals surface area (Å²) in [5.41, 5.74) is 2.70. The fraction of sp³-hybridized carbons (Fsp3) is 0.200. The van der Waals surface area contributed by atoms with Crippen molar-refractivity contribution >= 4 is 5.78 Å². The molecule has 0 fully saturated rings. The van der Waals surface area contributed by atoms with E-state index >= 15 is 0 Å². The molecular weight excluding hydrogens is 282 g/mol. The molecule has 1 N–H and O–H groups in total. The number of hydrogen-bond acceptors (Lipinski definition) is 5. The van der Waals surface area contributed by atoms with Gasteiger partial charge in [0.1, 0.15) is 11.6 Å². The van der Waals surface area contributed by atoms with Crippen LogP contribution in [-0.2, 0) is 11.3 Å². The average Bonchev–Trinajstić information content (AvgIpc) is 2.89. The zero-order chi connectivity index (χ0) is 15.7. The quantitative estimate of drug-likeness (QED) is 0.788. The van der Waals surface area contributed by atoms with Crippen LogP contribution < -0.4 is 5.56 Å². The summed E-state index contributed by atoms with van der Waals surface area (Å²) in [5.74, 6) is 0.568. The van der Waals surface area contributed by atoms with E-state index in [4.69, 9.17) is 10.00 Å². The van der Waals surface area contributed by atoms with Gasteiger partial charge in [-0.2, -0.15) is 5.26 Å². The lowest BCUT2D eigenvalue weighted by molar-refractivity contribution is 0.182. The van der Waals surface area contributed by atoms with Crippen molar-refractivity contribution in [2.75, 3.05) is 7.11 Å². The zero-order valence-corrected chi connectivity index (χ0v) is 12.1. The molecule has 0 unspecified atom stereocenters. The summed E-state index contributed by atoms with van der Waals surface area (Å²) in [5, 5.41) is 9.00. The Morgan fingerprint density at radius 1 is 1.45 bits per heavy atom. The topological polar surface area (TPSA) is 96.1 Å². The van der Waals surface area contributed by atoms with Crippen molar-refractivity contribution < 1.29 is 4.74 Å². The Bertz CT molecular complexity index is 949. The summed E-state index contributed by atoms with van der Waals surface area (Å²) in [4.78, 5) is 22.9. The van der Waals surface area contributed by atoms with E-state index in [1.807, 2.05) is 18.5 Å². The Hall–Kier alpha value is -2.98. The van der Waals surface area contributed by atoms with Gasteiger partial charge in [-0.15, -0.1) is 0 Å². The molecule has 3 heterocycles. The van der Waals surface area contributed by atoms with Crippen molar-refractivity contribution in [3.8, 4) is 17.2 Å². The van der Waals surface area contributed by atoms with Gasteiger partial charge in [0.25, 0.3) is 5.56 Å². The Labute approximate surface area is 125 Å². The highest BCUT2D eigenvalue weighted by Crippen LogP contribution is 2.21. The second kappa shape index (κ2) is 5.42. The van der Waals surface area contributed by atoms with E-state index in [0.717, 1.165) is 16.8 Å². The maximum atomic E-state index is 11.6. The van der Waals surface area contributed by atoms with Crippen LogP contribution in [0.5, 0.6) is 0 Å². The SMILES string of the molecule is COCc1cn2cc(-c3cc(C#N)c(=O)[nH]c3C)cnc2n1. The molecule has 110 valence electrons. The lowest BCUT2D eigenvalue weighted by Crippen LogP contribution is -2.12. The highest BCUT2D eigenvalue weighted by Gasteiger charge is 2.10. The van der Waals surface area contributed by atoms with Crippen molar-refractivity contribution in [3.05, 3.63) is 52.0 Å². The van der Waals surface area contributed by atoms with Gasteiger partial charge in [-0.05, 0) is 13.0 Å². The maximum absolute atomic E-state index is 11.6. The van der Waals surface area contributed by atoms with Crippen LogP contribution in [0.4, 0.5) is 0 Å². The number of imidazole rings is 1. The minimum Gasteiger partial charge on any atom is -0.378 e. The number of aromatic nitrogens is 4. The second-order valence-corrected chi connectivity index (χ2v) is 4.88. The van der Waals surface area contributed by atoms with Gasteiger partial charge in [0.2, 0.25) is 5.78 Å². The molecular formula is C15H13N5O2. The number of rotatable bonds is 3. The van der Waals surface area contributed by atoms with Crippen molar-refractivity contribution in [2.24, 2.45) is 0 Å². The summed E-state index contributed by atoms with van der Waals surface area (Å²) in [6.45, 7) is 2.20. The number of pyridine rings is 1. The second-order valence-electron chi connectivity index (χ2n) is 4.88. The highest BCUT2D eigenvalue weighted by atomic mass is 16.5. The molecule has 3 rings (SSSR count). The first-order valence-electron chi connectivity index (χ1n) is 6.59. The number of methoxy groups -OCH3 is 1. The molecule has 3 aromatic rings. The molecule has 7 nitrogen and oxygen atoms in total. The van der Waals surface area contributed by atoms with Gasteiger partial charge in [-0.3, -0.25) is 9.20 Å². The van der Waals surface area contributed by atoms with Crippen LogP contribution in [0.3, 0.4) is 0 Å². The summed E-state index contributed by atoms with van der Waals surface area (Å²) in [7, 11) is 1.61. The molecule has 0 aliphatic rings. The predicted molar refractivity (Wildman–Crippen MR) is 79.2 cm³/mol. The van der Waals surface area contributed by atoms with Crippen LogP contribution in [-0.4, -0.2) is 26.5 Å². The number of aromatic amines is 1. The normalized spacial score (nSPS) is 10.8. The van der Waals surface area contributed by atoms with Gasteiger partial charge in [-0.1, -0.05) is 0 Å². The van der Waals surface area contributed by atoms with E-state index in [2.05, 4.69) is 15.0 Å². The molecule has 0 atom stereocenters. The standard InChI is InChI=1S/C15H13N5O2/c1-9-13(3-10(4-16)14(21)18-9)11-5-17-15-19-12(8-22-2)7-20(15)6-11/h3,5-7H,8H2,1-2H3,(H,18,21). The van der Waals surface area contributed by atoms with E-state index in [1.165, 1.54) is 0 Å². The number of nitriles is 1. The lowest BCUT2D eigenvalue weighted by atomic mass is 10.1. The highest BCUT2D eigenvalue weighted by molar-refractivity contribution is 5.66. The summed E-state index contributed by atoms with van der Waals surface area (Å²) in [6, 6.07) is 3.46. The molecule has 0 aliphatic heterocycles. The number of nitrogens with one attached hydrogen (secondary N) is 1. The van der Waals surface area contributed by atoms with Crippen LogP contribution in [0, 0.1) is 18.3 Å². The van der Waals surface area contributed by atoms with Gasteiger partial charge < -0.3 is 9.72 Å². The van der Waals surface area contributed by atoms with Crippen LogP contribution in [0.25, 0.3) is 16.9 Å². The van der Waals surface area contributed by atoms with Gasteiger partial charge in [0, 0.05) is 42.5 Å². The molecule has 0 spiro atoms. The third kappa shape index (κ3) is 2.36. The largest absolute Gasteiger partial charge is 0.378 e. The molecule has 22 heavy (non-hydrogen) atoms. The van der Waals surface area contributed by atoms with E-state index < -0.39 is 0 Å². The number of nitrogens with zero attached hydrogens (tertiary/aromatic N) is 4. The lowest BCUT2D eigenvalue weighted by Gasteiger charge is -2.06. The van der Waals surface area contributed by atoms with Crippen molar-refractivity contribution in [2.45, 2.75) is 13.5 Å². The smallest absolute Gasteiger partial charge is 0.266 e. The number of aryl methyl sites for hydroxylation is 1. The fourth-order valence-corrected chi connectivity index (χ4v) is 2.30. The zero-order valence-electron chi connectivity index (χ0n) is 12.1. The minimum atomic E-state index is -0.386. The van der Waals surface area contributed by atoms with Gasteiger partial charge >= 0.3 is 0 Å². The fourth-order valence-electron chi connectivity index (χ4n) is 2.30. The molecule has 0 amide bonds. The van der Waals surface area contributed by atoms with Crippen LogP contribution in [0.15, 0.2) is 29.5 Å². The van der Waals surface area contributed by atoms with Crippen molar-refractivity contribution in [3.63, 3.8) is 0 Å². The number of fused-ring (bicyclic) bond motifs is 1. The summed E-state index contributed by atoms with van der Waals surface area (Å²) >= 11 is 0. The number of ether oxygens (including phenoxy) is 1. The number of H-pyrrole nitrogens is 1. The van der Waals surface area contributed by atoms with Crippen molar-refractivity contribution in [1.29, 1.82) is 5.26 Å². The molecule has 0 bridgehead atoms. The minimum absolute atomic E-state index is 0.0754. The molecule has 3 aromatic heterocycles.